The third-order valence-corrected chi connectivity index (χ3v) is 13.6. The molecular weight excluding hydrogens is 1020 g/mol. The second kappa shape index (κ2) is 32.7. The Morgan fingerprint density at radius 1 is 0.728 bits per heavy atom. The number of aromatic amines is 1. The number of amides is 2. The maximum atomic E-state index is 12.5. The van der Waals surface area contributed by atoms with Crippen molar-refractivity contribution in [2.45, 2.75) is 120 Å². The topological polar surface area (TPSA) is 213 Å². The van der Waals surface area contributed by atoms with E-state index in [0.717, 1.165) is 101 Å². The highest BCUT2D eigenvalue weighted by molar-refractivity contribution is 5.80. The van der Waals surface area contributed by atoms with Gasteiger partial charge in [-0.2, -0.15) is 15.3 Å². The molecule has 2 unspecified atom stereocenters. The molecule has 2 atom stereocenters. The first-order valence-electron chi connectivity index (χ1n) is 28.5. The van der Waals surface area contributed by atoms with Gasteiger partial charge in [-0.25, -0.2) is 19.0 Å². The van der Waals surface area contributed by atoms with Gasteiger partial charge in [-0.1, -0.05) is 94.3 Å². The van der Waals surface area contributed by atoms with Gasteiger partial charge < -0.3 is 39.6 Å². The largest absolute Gasteiger partial charge is 0.382 e. The van der Waals surface area contributed by atoms with Gasteiger partial charge in [-0.15, -0.1) is 0 Å². The number of H-pyrrole nitrogens is 1. The molecule has 18 heteroatoms. The molecule has 5 aromatic heterocycles. The van der Waals surface area contributed by atoms with Crippen LogP contribution in [0.25, 0.3) is 39.4 Å². The van der Waals surface area contributed by atoms with Gasteiger partial charge in [-0.05, 0) is 77.3 Å². The summed E-state index contributed by atoms with van der Waals surface area (Å²) in [6.07, 6.45) is 23.5. The van der Waals surface area contributed by atoms with E-state index in [-0.39, 0.29) is 37.0 Å². The number of fused-ring (bicyclic) bond motifs is 2. The van der Waals surface area contributed by atoms with Crippen molar-refractivity contribution in [1.29, 1.82) is 0 Å². The number of nitrogens with zero attached hydrogens (tertiary/aromatic N) is 9. The number of aliphatic hydroxyl groups excluding tert-OH is 1. The number of benzene rings is 2. The maximum Gasteiger partial charge on any atom is 0.224 e. The molecule has 0 bridgehead atoms. The monoisotopic (exact) mass is 1110 g/mol. The average Bonchev–Trinajstić information content (AvgIpc) is 4.38. The molecule has 2 aromatic carbocycles. The van der Waals surface area contributed by atoms with E-state index < -0.39 is 0 Å². The fourth-order valence-corrected chi connectivity index (χ4v) is 9.70. The summed E-state index contributed by atoms with van der Waals surface area (Å²) in [5, 5.41) is 24.7. The molecule has 4 N–H and O–H groups in total. The van der Waals surface area contributed by atoms with Gasteiger partial charge in [0.25, 0.3) is 0 Å². The maximum absolute atomic E-state index is 12.5. The smallest absolute Gasteiger partial charge is 0.224 e. The fourth-order valence-electron chi connectivity index (χ4n) is 9.70. The van der Waals surface area contributed by atoms with Crippen LogP contribution in [0.5, 0.6) is 0 Å². The Hall–Kier alpha value is -7.44. The Balaban J connectivity index is 0.000000170. The molecule has 432 valence electrons. The number of carbonyl (C=O) groups is 2. The molecule has 0 radical (unpaired) electrons. The molecule has 2 aliphatic heterocycles. The molecule has 1 aliphatic carbocycles. The minimum atomic E-state index is -0.266. The third-order valence-electron chi connectivity index (χ3n) is 13.6. The lowest BCUT2D eigenvalue weighted by atomic mass is 10.0. The van der Waals surface area contributed by atoms with Crippen molar-refractivity contribution in [2.24, 2.45) is 17.8 Å². The zero-order valence-corrected chi connectivity index (χ0v) is 48.8. The number of aliphatic hydroxyl groups is 1. The minimum Gasteiger partial charge on any atom is -0.382 e. The second-order valence-electron chi connectivity index (χ2n) is 20.1. The zero-order valence-electron chi connectivity index (χ0n) is 48.8. The average molecular weight is 1110 g/mol. The Morgan fingerprint density at radius 2 is 1.28 bits per heavy atom. The number of nitrogens with one attached hydrogen (secondary N) is 1. The summed E-state index contributed by atoms with van der Waals surface area (Å²) < 4.78 is 25.8. The molecule has 18 nitrogen and oxygen atoms in total. The van der Waals surface area contributed by atoms with Gasteiger partial charge >= 0.3 is 0 Å². The molecule has 10 rings (SSSR count). The number of likely N-dealkylation sites (tertiary alicyclic amines) is 2. The molecule has 2 amide bonds. The summed E-state index contributed by atoms with van der Waals surface area (Å²) in [5.41, 5.74) is 16.4. The van der Waals surface area contributed by atoms with E-state index in [1.54, 1.807) is 6.07 Å². The summed E-state index contributed by atoms with van der Waals surface area (Å²) in [6.45, 7) is 22.7. The molecule has 3 aliphatic rings. The van der Waals surface area contributed by atoms with Crippen LogP contribution >= 0.6 is 0 Å². The van der Waals surface area contributed by atoms with Crippen molar-refractivity contribution in [1.82, 2.24) is 49.2 Å². The lowest BCUT2D eigenvalue weighted by Crippen LogP contribution is -2.37. The van der Waals surface area contributed by atoms with Crippen LogP contribution in [0.4, 0.5) is 5.82 Å². The highest BCUT2D eigenvalue weighted by atomic mass is 16.7. The molecule has 81 heavy (non-hydrogen) atoms. The van der Waals surface area contributed by atoms with E-state index >= 15 is 0 Å². The summed E-state index contributed by atoms with van der Waals surface area (Å²) in [5.74, 6) is 1.88. The van der Waals surface area contributed by atoms with Crippen LogP contribution in [0.1, 0.15) is 109 Å². The lowest BCUT2D eigenvalue weighted by Gasteiger charge is -2.29. The SMILES string of the molecule is CCCC1CC(=O)N(CO)C1.CCCC1CC(=O)N(Cc2c(-c3ccccc3)nn3cc(C)cnc23)C1.CCOC(OCC)C(C)C(OCC)OCC.Cc1cnc2cc(-c3ccccc3)nn2c1.Nc1cc(C2=CC=[C+]C=C2)[nH]n1. The Labute approximate surface area is 478 Å². The van der Waals surface area contributed by atoms with E-state index in [0.29, 0.717) is 63.5 Å². The summed E-state index contributed by atoms with van der Waals surface area (Å²) in [4.78, 5) is 36.0. The van der Waals surface area contributed by atoms with E-state index in [4.69, 9.17) is 34.9 Å². The number of aryl methyl sites for hydroxylation is 2. The van der Waals surface area contributed by atoms with Gasteiger partial charge in [0.2, 0.25) is 11.8 Å². The molecule has 7 heterocycles. The third kappa shape index (κ3) is 18.5. The van der Waals surface area contributed by atoms with E-state index in [1.807, 2.05) is 154 Å². The van der Waals surface area contributed by atoms with Crippen molar-refractivity contribution in [3.63, 3.8) is 0 Å². The van der Waals surface area contributed by atoms with Crippen LogP contribution in [-0.4, -0.2) is 125 Å². The Bertz CT molecular complexity index is 3070. The van der Waals surface area contributed by atoms with E-state index in [9.17, 15) is 9.59 Å². The van der Waals surface area contributed by atoms with Gasteiger partial charge in [0.1, 0.15) is 36.0 Å². The number of carbonyl (C=O) groups excluding carboxylic acids is 2. The number of allylic oxidation sites excluding steroid dienone is 6. The van der Waals surface area contributed by atoms with Gasteiger partial charge in [-0.3, -0.25) is 14.7 Å². The summed E-state index contributed by atoms with van der Waals surface area (Å²) in [7, 11) is 0. The number of hydrogen-bond acceptors (Lipinski definition) is 13. The van der Waals surface area contributed by atoms with Crippen molar-refractivity contribution in [3.8, 4) is 22.5 Å². The van der Waals surface area contributed by atoms with E-state index in [1.165, 1.54) is 4.90 Å². The van der Waals surface area contributed by atoms with Crippen LogP contribution in [0.3, 0.4) is 0 Å². The number of ether oxygens (including phenoxy) is 4. The molecule has 2 fully saturated rings. The van der Waals surface area contributed by atoms with Crippen molar-refractivity contribution >= 4 is 34.5 Å². The molecule has 0 spiro atoms. The highest BCUT2D eigenvalue weighted by Gasteiger charge is 2.32. The number of nitrogens with two attached hydrogens (primary N) is 1. The fraction of sp³-hybridized carbons (Fsp3) is 0.444. The summed E-state index contributed by atoms with van der Waals surface area (Å²) >= 11 is 0. The lowest BCUT2D eigenvalue weighted by molar-refractivity contribution is -0.242. The van der Waals surface area contributed by atoms with E-state index in [2.05, 4.69) is 69.5 Å². The quantitative estimate of drug-likeness (QED) is 0.0479. The van der Waals surface area contributed by atoms with Crippen LogP contribution in [-0.2, 0) is 35.1 Å². The minimum absolute atomic E-state index is 0.0554. The first kappa shape index (κ1) is 62.8. The zero-order chi connectivity index (χ0) is 58.1. The van der Waals surface area contributed by atoms with Crippen molar-refractivity contribution < 1.29 is 33.6 Å². The van der Waals surface area contributed by atoms with Crippen LogP contribution in [0.15, 0.2) is 122 Å². The number of hydrogen-bond donors (Lipinski definition) is 3. The number of aromatic nitrogens is 8. The molecular formula is C63H84N11O7+. The van der Waals surface area contributed by atoms with Gasteiger partial charge in [0.15, 0.2) is 23.9 Å². The second-order valence-corrected chi connectivity index (χ2v) is 20.1. The first-order chi connectivity index (χ1) is 39.3. The number of rotatable bonds is 20. The standard InChI is InChI=1S/C21H24N4O.C13H11N3.C12H26O4.C9H8N3.C8H15NO2/c1-3-7-16-10-19(26)24(13-16)14-18-20(17-8-5-4-6-9-17)23-25-12-15(2)11-22-21(18)25;1-10-8-14-13-7-12(15-16(13)9-10)11-5-3-2-4-6-11;1-6-13-11(14-7-2)10(5)12(15-8-3)16-9-4;10-9-6-8(11-12-9)7-4-2-1-3-5-7;1-2-3-7-4-8(11)9(5-7)6-10/h4-6,8-9,11-12,16H,3,7,10,13-14H2,1-2H3;2-9H,1H3;10-12H,6-9H2,1-5H3;2-6H,(H3,10,11,12);7,10H,2-6H2,1H3/q;;;+1;. The molecule has 0 saturated carbocycles. The molecule has 7 aromatic rings. The van der Waals surface area contributed by atoms with Gasteiger partial charge in [0, 0.05) is 112 Å². The molecule has 2 saturated heterocycles. The van der Waals surface area contributed by atoms with Crippen LogP contribution < -0.4 is 5.73 Å². The van der Waals surface area contributed by atoms with Crippen LogP contribution in [0, 0.1) is 37.7 Å². The normalized spacial score (nSPS) is 15.5. The first-order valence-corrected chi connectivity index (χ1v) is 28.5. The number of anilines is 1. The number of nitrogen functional groups attached to an aromatic ring is 1. The van der Waals surface area contributed by atoms with Gasteiger partial charge in [0.05, 0.1) is 36.0 Å². The Kier molecular flexibility index (Phi) is 25.4. The van der Waals surface area contributed by atoms with Crippen molar-refractivity contribution in [2.75, 3.05) is 52.0 Å². The Morgan fingerprint density at radius 3 is 1.80 bits per heavy atom. The highest BCUT2D eigenvalue weighted by Crippen LogP contribution is 2.31. The predicted octanol–water partition coefficient (Wildman–Crippen LogP) is 10.9. The summed E-state index contributed by atoms with van der Waals surface area (Å²) in [6, 6.07) is 24.1. The predicted molar refractivity (Wildman–Crippen MR) is 318 cm³/mol. The van der Waals surface area contributed by atoms with Crippen molar-refractivity contribution in [3.05, 3.63) is 150 Å². The van der Waals surface area contributed by atoms with Crippen LogP contribution in [0.2, 0.25) is 0 Å².